The predicted molar refractivity (Wildman–Crippen MR) is 107 cm³/mol. The third kappa shape index (κ3) is 7.89. The number of hydrogen-bond donors (Lipinski definition) is 2. The Balaban J connectivity index is 0.000000225. The van der Waals surface area contributed by atoms with Crippen LogP contribution in [0.2, 0.25) is 0 Å². The molecule has 0 radical (unpaired) electrons. The fraction of sp³-hybridized carbons (Fsp3) is 0.381. The molecular weight excluding hydrogens is 415 g/mol. The first-order chi connectivity index (χ1) is 14.7. The number of halogens is 3. The average molecular weight is 439 g/mol. The molecule has 1 aliphatic rings. The molecular formula is C21H24F3N3O4. The molecule has 1 saturated heterocycles. The van der Waals surface area contributed by atoms with E-state index in [4.69, 9.17) is 9.84 Å². The maximum Gasteiger partial charge on any atom is 0.419 e. The summed E-state index contributed by atoms with van der Waals surface area (Å²) in [6, 6.07) is 9.13. The summed E-state index contributed by atoms with van der Waals surface area (Å²) in [5, 5.41) is 10.9. The molecule has 2 N–H and O–H groups in total. The number of aliphatic hydroxyl groups is 1. The quantitative estimate of drug-likeness (QED) is 0.746. The van der Waals surface area contributed by atoms with Crippen LogP contribution in [0.25, 0.3) is 0 Å². The molecule has 0 aliphatic carbocycles. The predicted octanol–water partition coefficient (Wildman–Crippen LogP) is 3.24. The van der Waals surface area contributed by atoms with Crippen LogP contribution >= 0.6 is 0 Å². The minimum Gasteiger partial charge on any atom is -0.484 e. The van der Waals surface area contributed by atoms with Gasteiger partial charge in [-0.05, 0) is 42.7 Å². The summed E-state index contributed by atoms with van der Waals surface area (Å²) in [5.74, 6) is -0.342. The smallest absolute Gasteiger partial charge is 0.419 e. The number of anilines is 1. The van der Waals surface area contributed by atoms with E-state index in [1.807, 2.05) is 10.2 Å². The third-order valence-electron chi connectivity index (χ3n) is 4.33. The number of amides is 2. The summed E-state index contributed by atoms with van der Waals surface area (Å²) in [4.78, 5) is 27.5. The highest BCUT2D eigenvalue weighted by Gasteiger charge is 2.34. The van der Waals surface area contributed by atoms with Crippen molar-refractivity contribution in [2.45, 2.75) is 32.5 Å². The van der Waals surface area contributed by atoms with Crippen LogP contribution < -0.4 is 10.1 Å². The van der Waals surface area contributed by atoms with Crippen molar-refractivity contribution in [3.63, 3.8) is 0 Å². The first-order valence-electron chi connectivity index (χ1n) is 9.61. The summed E-state index contributed by atoms with van der Waals surface area (Å²) < 4.78 is 42.3. The number of rotatable bonds is 5. The molecule has 2 heterocycles. The maximum absolute atomic E-state index is 12.3. The minimum absolute atomic E-state index is 0.0208. The molecule has 0 unspecified atom stereocenters. The topological polar surface area (TPSA) is 91.8 Å². The van der Waals surface area contributed by atoms with E-state index in [0.717, 1.165) is 50.6 Å². The molecule has 0 saturated carbocycles. The standard InChI is InChI=1S/C13H17NO3.C8H7F3N2O/c15-9-11-3-5-12(6-4-11)17-10-13(16)14-7-1-2-8-14;1-5(14)13-7-6(8(9,10)11)3-2-4-12-7/h3-6,15H,1-2,7-10H2;2-4H,1H3,(H,12,13,14). The minimum atomic E-state index is -4.51. The number of alkyl halides is 3. The third-order valence-corrected chi connectivity index (χ3v) is 4.33. The van der Waals surface area contributed by atoms with Crippen molar-refractivity contribution in [2.24, 2.45) is 0 Å². The number of benzene rings is 1. The van der Waals surface area contributed by atoms with Crippen LogP contribution in [0.5, 0.6) is 5.75 Å². The lowest BCUT2D eigenvalue weighted by atomic mass is 10.2. The fourth-order valence-electron chi connectivity index (χ4n) is 2.79. The van der Waals surface area contributed by atoms with E-state index in [2.05, 4.69) is 4.98 Å². The van der Waals surface area contributed by atoms with E-state index < -0.39 is 23.5 Å². The first kappa shape index (κ1) is 24.1. The van der Waals surface area contributed by atoms with Gasteiger partial charge in [0.25, 0.3) is 5.91 Å². The fourth-order valence-corrected chi connectivity index (χ4v) is 2.79. The van der Waals surface area contributed by atoms with Gasteiger partial charge in [0.15, 0.2) is 6.61 Å². The monoisotopic (exact) mass is 439 g/mol. The van der Waals surface area contributed by atoms with E-state index >= 15 is 0 Å². The molecule has 10 heteroatoms. The second-order valence-corrected chi connectivity index (χ2v) is 6.76. The number of carbonyl (C=O) groups is 2. The van der Waals surface area contributed by atoms with Gasteiger partial charge in [-0.1, -0.05) is 12.1 Å². The molecule has 0 bridgehead atoms. The number of nitrogens with one attached hydrogen (secondary N) is 1. The number of aliphatic hydroxyl groups excluding tert-OH is 1. The number of likely N-dealkylation sites (tertiary alicyclic amines) is 1. The van der Waals surface area contributed by atoms with Gasteiger partial charge in [0.1, 0.15) is 11.6 Å². The normalized spacial score (nSPS) is 13.3. The molecule has 1 aromatic heterocycles. The van der Waals surface area contributed by atoms with Crippen molar-refractivity contribution in [2.75, 3.05) is 25.0 Å². The lowest BCUT2D eigenvalue weighted by molar-refractivity contribution is -0.137. The van der Waals surface area contributed by atoms with Gasteiger partial charge in [-0.25, -0.2) is 4.98 Å². The summed E-state index contributed by atoms with van der Waals surface area (Å²) in [5.41, 5.74) is -0.113. The summed E-state index contributed by atoms with van der Waals surface area (Å²) in [6.07, 6.45) is -1.14. The highest BCUT2D eigenvalue weighted by molar-refractivity contribution is 5.88. The number of ether oxygens (including phenoxy) is 1. The van der Waals surface area contributed by atoms with Crippen LogP contribution in [0.15, 0.2) is 42.6 Å². The highest BCUT2D eigenvalue weighted by atomic mass is 19.4. The Morgan fingerprint density at radius 2 is 1.81 bits per heavy atom. The van der Waals surface area contributed by atoms with Crippen LogP contribution in [0, 0.1) is 0 Å². The van der Waals surface area contributed by atoms with E-state index in [1.165, 1.54) is 6.20 Å². The Kier molecular flexibility index (Phi) is 8.80. The van der Waals surface area contributed by atoms with Gasteiger partial charge in [-0.3, -0.25) is 9.59 Å². The van der Waals surface area contributed by atoms with Crippen molar-refractivity contribution in [1.82, 2.24) is 9.88 Å². The van der Waals surface area contributed by atoms with Crippen molar-refractivity contribution in [3.8, 4) is 5.75 Å². The molecule has 7 nitrogen and oxygen atoms in total. The number of nitrogens with zero attached hydrogens (tertiary/aromatic N) is 2. The van der Waals surface area contributed by atoms with Gasteiger partial charge in [0.2, 0.25) is 5.91 Å². The molecule has 1 aliphatic heterocycles. The largest absolute Gasteiger partial charge is 0.484 e. The van der Waals surface area contributed by atoms with Crippen LogP contribution in [-0.4, -0.2) is 46.5 Å². The SMILES string of the molecule is CC(=O)Nc1ncccc1C(F)(F)F.O=C(COc1ccc(CO)cc1)N1CCCC1. The molecule has 0 spiro atoms. The zero-order valence-electron chi connectivity index (χ0n) is 17.0. The van der Waals surface area contributed by atoms with Gasteiger partial charge in [0, 0.05) is 26.2 Å². The van der Waals surface area contributed by atoms with E-state index in [1.54, 1.807) is 24.3 Å². The molecule has 0 atom stereocenters. The van der Waals surface area contributed by atoms with Crippen molar-refractivity contribution >= 4 is 17.6 Å². The number of pyridine rings is 1. The van der Waals surface area contributed by atoms with Gasteiger partial charge in [-0.2, -0.15) is 13.2 Å². The molecule has 2 amide bonds. The Hall–Kier alpha value is -3.14. The van der Waals surface area contributed by atoms with Crippen LogP contribution in [-0.2, 0) is 22.4 Å². The Labute approximate surface area is 177 Å². The molecule has 168 valence electrons. The number of aromatic nitrogens is 1. The highest BCUT2D eigenvalue weighted by Crippen LogP contribution is 2.33. The van der Waals surface area contributed by atoms with Crippen molar-refractivity contribution in [1.29, 1.82) is 0 Å². The lowest BCUT2D eigenvalue weighted by Gasteiger charge is -2.15. The number of carbonyl (C=O) groups excluding carboxylic acids is 2. The molecule has 1 fully saturated rings. The molecule has 3 rings (SSSR count). The van der Waals surface area contributed by atoms with Crippen molar-refractivity contribution < 1.29 is 32.6 Å². The maximum atomic E-state index is 12.3. The Morgan fingerprint density at radius 1 is 1.16 bits per heavy atom. The zero-order valence-corrected chi connectivity index (χ0v) is 17.0. The first-order valence-corrected chi connectivity index (χ1v) is 9.61. The van der Waals surface area contributed by atoms with E-state index in [9.17, 15) is 22.8 Å². The van der Waals surface area contributed by atoms with E-state index in [0.29, 0.717) is 5.75 Å². The summed E-state index contributed by atoms with van der Waals surface area (Å²) in [7, 11) is 0. The van der Waals surface area contributed by atoms with Crippen LogP contribution in [0.1, 0.15) is 30.9 Å². The van der Waals surface area contributed by atoms with Gasteiger partial charge >= 0.3 is 6.18 Å². The second kappa shape index (κ2) is 11.3. The average Bonchev–Trinajstić information content (AvgIpc) is 3.27. The van der Waals surface area contributed by atoms with Gasteiger partial charge in [-0.15, -0.1) is 0 Å². The van der Waals surface area contributed by atoms with Gasteiger partial charge in [0.05, 0.1) is 12.2 Å². The summed E-state index contributed by atoms with van der Waals surface area (Å²) in [6.45, 7) is 2.94. The van der Waals surface area contributed by atoms with Crippen LogP contribution in [0.4, 0.5) is 19.0 Å². The molecule has 2 aromatic rings. The lowest BCUT2D eigenvalue weighted by Crippen LogP contribution is -2.32. The summed E-state index contributed by atoms with van der Waals surface area (Å²) >= 11 is 0. The molecule has 1 aromatic carbocycles. The Bertz CT molecular complexity index is 867. The number of hydrogen-bond acceptors (Lipinski definition) is 5. The van der Waals surface area contributed by atoms with Crippen molar-refractivity contribution in [3.05, 3.63) is 53.7 Å². The van der Waals surface area contributed by atoms with E-state index in [-0.39, 0.29) is 19.1 Å². The van der Waals surface area contributed by atoms with Gasteiger partial charge < -0.3 is 20.1 Å². The zero-order chi connectivity index (χ0) is 22.9. The Morgan fingerprint density at radius 3 is 2.35 bits per heavy atom. The molecule has 31 heavy (non-hydrogen) atoms. The van der Waals surface area contributed by atoms with Crippen LogP contribution in [0.3, 0.4) is 0 Å². The second-order valence-electron chi connectivity index (χ2n) is 6.76.